The summed E-state index contributed by atoms with van der Waals surface area (Å²) in [4.78, 5) is 23.2. The number of ether oxygens (including phenoxy) is 1. The zero-order valence-corrected chi connectivity index (χ0v) is 13.1. The summed E-state index contributed by atoms with van der Waals surface area (Å²) < 4.78 is 7.65. The summed E-state index contributed by atoms with van der Waals surface area (Å²) in [6.45, 7) is 5.44. The van der Waals surface area contributed by atoms with Gasteiger partial charge in [0.15, 0.2) is 0 Å². The van der Waals surface area contributed by atoms with Crippen molar-refractivity contribution in [3.63, 3.8) is 0 Å². The molecule has 2 aromatic heterocycles. The Morgan fingerprint density at radius 2 is 2.18 bits per heavy atom. The molecule has 0 aliphatic carbocycles. The summed E-state index contributed by atoms with van der Waals surface area (Å²) >= 11 is 0. The molecule has 0 spiro atoms. The lowest BCUT2D eigenvalue weighted by Crippen LogP contribution is -2.43. The first kappa shape index (κ1) is 14.7. The van der Waals surface area contributed by atoms with Gasteiger partial charge < -0.3 is 14.2 Å². The molecule has 0 unspecified atom stereocenters. The van der Waals surface area contributed by atoms with Gasteiger partial charge in [-0.3, -0.25) is 4.79 Å². The molecule has 1 amide bonds. The first-order valence-electron chi connectivity index (χ1n) is 7.39. The molecule has 0 aromatic carbocycles. The van der Waals surface area contributed by atoms with Crippen LogP contribution >= 0.6 is 0 Å². The summed E-state index contributed by atoms with van der Waals surface area (Å²) in [5, 5.41) is 0. The second kappa shape index (κ2) is 5.88. The molecule has 1 atom stereocenters. The third-order valence-corrected chi connectivity index (χ3v) is 3.83. The fraction of sp³-hybridized carbons (Fsp3) is 0.438. The van der Waals surface area contributed by atoms with Gasteiger partial charge in [-0.2, -0.15) is 0 Å². The minimum Gasteiger partial charge on any atom is -0.368 e. The smallest absolute Gasteiger partial charge is 0.270 e. The van der Waals surface area contributed by atoms with Gasteiger partial charge in [0, 0.05) is 25.5 Å². The van der Waals surface area contributed by atoms with Crippen LogP contribution in [0.25, 0.3) is 0 Å². The molecule has 3 rings (SSSR count). The SMILES string of the molecule is Cc1cc([C@@H]2CN(C(=O)c3cccn3C)CCO2)nc(C)n1. The first-order valence-corrected chi connectivity index (χ1v) is 7.39. The molecule has 0 bridgehead atoms. The van der Waals surface area contributed by atoms with Gasteiger partial charge in [-0.25, -0.2) is 9.97 Å². The van der Waals surface area contributed by atoms with E-state index in [-0.39, 0.29) is 12.0 Å². The Kier molecular flexibility index (Phi) is 3.94. The van der Waals surface area contributed by atoms with E-state index < -0.39 is 0 Å². The van der Waals surface area contributed by atoms with Crippen molar-refractivity contribution < 1.29 is 9.53 Å². The normalized spacial score (nSPS) is 18.5. The molecule has 1 aliphatic rings. The van der Waals surface area contributed by atoms with Crippen molar-refractivity contribution in [1.82, 2.24) is 19.4 Å². The molecule has 2 aromatic rings. The number of nitrogens with zero attached hydrogens (tertiary/aromatic N) is 4. The van der Waals surface area contributed by atoms with Crippen molar-refractivity contribution in [2.24, 2.45) is 7.05 Å². The topological polar surface area (TPSA) is 60.2 Å². The Bertz CT molecular complexity index is 675. The fourth-order valence-corrected chi connectivity index (χ4v) is 2.77. The number of morpholine rings is 1. The van der Waals surface area contributed by atoms with Crippen molar-refractivity contribution in [2.45, 2.75) is 20.0 Å². The van der Waals surface area contributed by atoms with Crippen LogP contribution in [0.1, 0.15) is 33.8 Å². The second-order valence-electron chi connectivity index (χ2n) is 5.60. The predicted octanol–water partition coefficient (Wildman–Crippen LogP) is 1.65. The highest BCUT2D eigenvalue weighted by atomic mass is 16.5. The molecule has 1 aliphatic heterocycles. The van der Waals surface area contributed by atoms with Crippen molar-refractivity contribution in [3.8, 4) is 0 Å². The summed E-state index contributed by atoms with van der Waals surface area (Å²) in [5.74, 6) is 0.757. The van der Waals surface area contributed by atoms with Gasteiger partial charge in [0.1, 0.15) is 17.6 Å². The average molecular weight is 300 g/mol. The third kappa shape index (κ3) is 2.87. The first-order chi connectivity index (χ1) is 10.5. The number of amides is 1. The van der Waals surface area contributed by atoms with E-state index in [1.54, 1.807) is 0 Å². The molecule has 6 heteroatoms. The van der Waals surface area contributed by atoms with E-state index in [9.17, 15) is 4.79 Å². The van der Waals surface area contributed by atoms with E-state index in [0.29, 0.717) is 25.4 Å². The van der Waals surface area contributed by atoms with E-state index >= 15 is 0 Å². The monoisotopic (exact) mass is 300 g/mol. The summed E-state index contributed by atoms with van der Waals surface area (Å²) in [7, 11) is 1.88. The van der Waals surface area contributed by atoms with Gasteiger partial charge in [-0.1, -0.05) is 0 Å². The number of aromatic nitrogens is 3. The number of carbonyl (C=O) groups is 1. The molecule has 116 valence electrons. The van der Waals surface area contributed by atoms with Crippen LogP contribution in [0.4, 0.5) is 0 Å². The van der Waals surface area contributed by atoms with E-state index in [0.717, 1.165) is 17.2 Å². The molecule has 1 fully saturated rings. The number of hydrogen-bond donors (Lipinski definition) is 0. The van der Waals surface area contributed by atoms with E-state index in [1.807, 2.05) is 54.8 Å². The highest BCUT2D eigenvalue weighted by Crippen LogP contribution is 2.22. The van der Waals surface area contributed by atoms with Gasteiger partial charge in [-0.15, -0.1) is 0 Å². The van der Waals surface area contributed by atoms with Crippen LogP contribution in [0, 0.1) is 13.8 Å². The van der Waals surface area contributed by atoms with Crippen LogP contribution < -0.4 is 0 Å². The quantitative estimate of drug-likeness (QED) is 0.846. The zero-order chi connectivity index (χ0) is 15.7. The summed E-state index contributed by atoms with van der Waals surface area (Å²) in [6.07, 6.45) is 1.68. The van der Waals surface area contributed by atoms with Gasteiger partial charge in [0.25, 0.3) is 5.91 Å². The fourth-order valence-electron chi connectivity index (χ4n) is 2.77. The minimum absolute atomic E-state index is 0.0308. The molecule has 0 saturated carbocycles. The van der Waals surface area contributed by atoms with Crippen molar-refractivity contribution in [1.29, 1.82) is 0 Å². The molecule has 0 N–H and O–H groups in total. The van der Waals surface area contributed by atoms with Crippen LogP contribution in [0.15, 0.2) is 24.4 Å². The van der Waals surface area contributed by atoms with Crippen LogP contribution in [-0.4, -0.2) is 45.0 Å². The van der Waals surface area contributed by atoms with E-state index in [2.05, 4.69) is 9.97 Å². The Balaban J connectivity index is 1.79. The number of rotatable bonds is 2. The molecule has 1 saturated heterocycles. The largest absolute Gasteiger partial charge is 0.368 e. The maximum Gasteiger partial charge on any atom is 0.270 e. The van der Waals surface area contributed by atoms with Gasteiger partial charge in [0.05, 0.1) is 18.8 Å². The lowest BCUT2D eigenvalue weighted by Gasteiger charge is -2.32. The highest BCUT2D eigenvalue weighted by Gasteiger charge is 2.28. The second-order valence-corrected chi connectivity index (χ2v) is 5.60. The molecule has 3 heterocycles. The molecule has 0 radical (unpaired) electrons. The lowest BCUT2D eigenvalue weighted by molar-refractivity contribution is -0.0251. The lowest BCUT2D eigenvalue weighted by atomic mass is 10.1. The maximum atomic E-state index is 12.6. The molecular weight excluding hydrogens is 280 g/mol. The number of hydrogen-bond acceptors (Lipinski definition) is 4. The molecule has 6 nitrogen and oxygen atoms in total. The minimum atomic E-state index is -0.196. The van der Waals surface area contributed by atoms with E-state index in [4.69, 9.17) is 4.74 Å². The summed E-state index contributed by atoms with van der Waals surface area (Å²) in [5.41, 5.74) is 2.45. The van der Waals surface area contributed by atoms with Crippen molar-refractivity contribution in [3.05, 3.63) is 47.3 Å². The highest BCUT2D eigenvalue weighted by molar-refractivity contribution is 5.92. The van der Waals surface area contributed by atoms with Gasteiger partial charge in [-0.05, 0) is 32.0 Å². The Labute approximate surface area is 129 Å². The number of aryl methyl sites for hydroxylation is 3. The van der Waals surface area contributed by atoms with Crippen molar-refractivity contribution >= 4 is 5.91 Å². The Morgan fingerprint density at radius 3 is 2.86 bits per heavy atom. The van der Waals surface area contributed by atoms with Crippen LogP contribution in [-0.2, 0) is 11.8 Å². The van der Waals surface area contributed by atoms with Crippen LogP contribution in [0.5, 0.6) is 0 Å². The predicted molar refractivity (Wildman–Crippen MR) is 81.5 cm³/mol. The van der Waals surface area contributed by atoms with Gasteiger partial charge >= 0.3 is 0 Å². The molecular formula is C16H20N4O2. The Hall–Kier alpha value is -2.21. The standard InChI is InChI=1S/C16H20N4O2/c1-11-9-13(18-12(2)17-11)15-10-20(7-8-22-15)16(21)14-5-4-6-19(14)3/h4-6,9,15H,7-8,10H2,1-3H3/t15-/m0/s1. The van der Waals surface area contributed by atoms with Crippen LogP contribution in [0.3, 0.4) is 0 Å². The van der Waals surface area contributed by atoms with Gasteiger partial charge in [0.2, 0.25) is 0 Å². The maximum absolute atomic E-state index is 12.6. The van der Waals surface area contributed by atoms with Crippen LogP contribution in [0.2, 0.25) is 0 Å². The Morgan fingerprint density at radius 1 is 1.36 bits per heavy atom. The number of carbonyl (C=O) groups excluding carboxylic acids is 1. The third-order valence-electron chi connectivity index (χ3n) is 3.83. The van der Waals surface area contributed by atoms with E-state index in [1.165, 1.54) is 0 Å². The molecule has 22 heavy (non-hydrogen) atoms. The summed E-state index contributed by atoms with van der Waals surface area (Å²) in [6, 6.07) is 5.64. The average Bonchev–Trinajstić information content (AvgIpc) is 2.92. The van der Waals surface area contributed by atoms with Crippen molar-refractivity contribution in [2.75, 3.05) is 19.7 Å². The zero-order valence-electron chi connectivity index (χ0n) is 13.1.